The van der Waals surface area contributed by atoms with Crippen LogP contribution in [0.15, 0.2) is 29.2 Å². The standard InChI is InChI=1S/C15H19N3O2S2/c1-10-11(2)21-15(17-10)9-16-13-4-3-5-14(8-13)22(19,20)18-12-6-7-12/h3-5,8,12,16,18H,6-7,9H2,1-2H3. The first-order valence-corrected chi connectivity index (χ1v) is 9.53. The van der Waals surface area contributed by atoms with Crippen LogP contribution in [0.1, 0.15) is 28.4 Å². The molecule has 7 heteroatoms. The van der Waals surface area contributed by atoms with Gasteiger partial charge in [-0.25, -0.2) is 18.1 Å². The van der Waals surface area contributed by atoms with E-state index in [2.05, 4.69) is 15.0 Å². The number of hydrogen-bond donors (Lipinski definition) is 2. The Kier molecular flexibility index (Phi) is 4.20. The lowest BCUT2D eigenvalue weighted by Crippen LogP contribution is -2.25. The Labute approximate surface area is 134 Å². The van der Waals surface area contributed by atoms with Gasteiger partial charge in [0, 0.05) is 16.6 Å². The minimum absolute atomic E-state index is 0.114. The SMILES string of the molecule is Cc1nc(CNc2cccc(S(=O)(=O)NC3CC3)c2)sc1C. The summed E-state index contributed by atoms with van der Waals surface area (Å²) < 4.78 is 27.1. The highest BCUT2D eigenvalue weighted by Gasteiger charge is 2.27. The van der Waals surface area contributed by atoms with Crippen LogP contribution in [0, 0.1) is 13.8 Å². The van der Waals surface area contributed by atoms with Crippen LogP contribution in [0.5, 0.6) is 0 Å². The summed E-state index contributed by atoms with van der Waals surface area (Å²) in [6.45, 7) is 4.64. The molecule has 1 aromatic carbocycles. The number of nitrogens with zero attached hydrogens (tertiary/aromatic N) is 1. The highest BCUT2D eigenvalue weighted by molar-refractivity contribution is 7.89. The molecule has 1 saturated carbocycles. The Morgan fingerprint density at radius 1 is 1.32 bits per heavy atom. The quantitative estimate of drug-likeness (QED) is 0.850. The highest BCUT2D eigenvalue weighted by Crippen LogP contribution is 2.24. The molecule has 0 atom stereocenters. The van der Waals surface area contributed by atoms with E-state index in [0.29, 0.717) is 11.4 Å². The van der Waals surface area contributed by atoms with E-state index in [-0.39, 0.29) is 6.04 Å². The average Bonchev–Trinajstić information content (AvgIpc) is 3.22. The van der Waals surface area contributed by atoms with E-state index in [1.807, 2.05) is 19.9 Å². The van der Waals surface area contributed by atoms with Crippen LogP contribution in [0.2, 0.25) is 0 Å². The van der Waals surface area contributed by atoms with Gasteiger partial charge in [-0.1, -0.05) is 6.07 Å². The van der Waals surface area contributed by atoms with Crippen LogP contribution in [0.4, 0.5) is 5.69 Å². The minimum atomic E-state index is -3.41. The molecule has 2 aromatic rings. The van der Waals surface area contributed by atoms with Gasteiger partial charge in [0.15, 0.2) is 0 Å². The number of aryl methyl sites for hydroxylation is 2. The molecule has 1 aliphatic rings. The Balaban J connectivity index is 1.70. The molecule has 0 saturated heterocycles. The Hall–Kier alpha value is -1.44. The van der Waals surface area contributed by atoms with Crippen molar-refractivity contribution in [3.05, 3.63) is 39.8 Å². The highest BCUT2D eigenvalue weighted by atomic mass is 32.2. The van der Waals surface area contributed by atoms with Crippen LogP contribution >= 0.6 is 11.3 Å². The van der Waals surface area contributed by atoms with Gasteiger partial charge in [0.1, 0.15) is 5.01 Å². The number of aromatic nitrogens is 1. The molecule has 5 nitrogen and oxygen atoms in total. The van der Waals surface area contributed by atoms with E-state index in [4.69, 9.17) is 0 Å². The molecule has 1 heterocycles. The van der Waals surface area contributed by atoms with Gasteiger partial charge in [-0.2, -0.15) is 0 Å². The second-order valence-electron chi connectivity index (χ2n) is 5.53. The zero-order valence-corrected chi connectivity index (χ0v) is 14.2. The van der Waals surface area contributed by atoms with Crippen molar-refractivity contribution in [2.45, 2.75) is 44.2 Å². The number of thiazole rings is 1. The number of benzene rings is 1. The third-order valence-corrected chi connectivity index (χ3v) is 6.15. The summed E-state index contributed by atoms with van der Waals surface area (Å²) in [7, 11) is -3.41. The lowest BCUT2D eigenvalue weighted by molar-refractivity contribution is 0.581. The molecule has 1 fully saturated rings. The van der Waals surface area contributed by atoms with Crippen molar-refractivity contribution in [1.29, 1.82) is 0 Å². The molecule has 1 aromatic heterocycles. The molecular formula is C15H19N3O2S2. The van der Waals surface area contributed by atoms with Crippen molar-refractivity contribution < 1.29 is 8.42 Å². The van der Waals surface area contributed by atoms with Gasteiger partial charge < -0.3 is 5.32 Å². The van der Waals surface area contributed by atoms with E-state index in [1.165, 1.54) is 4.88 Å². The molecule has 118 valence electrons. The van der Waals surface area contributed by atoms with Crippen molar-refractivity contribution in [2.24, 2.45) is 0 Å². The summed E-state index contributed by atoms with van der Waals surface area (Å²) in [5.41, 5.74) is 1.83. The van der Waals surface area contributed by atoms with Crippen molar-refractivity contribution in [2.75, 3.05) is 5.32 Å². The van der Waals surface area contributed by atoms with Gasteiger partial charge in [0.2, 0.25) is 10.0 Å². The fourth-order valence-electron chi connectivity index (χ4n) is 2.05. The molecule has 0 aliphatic heterocycles. The van der Waals surface area contributed by atoms with Crippen LogP contribution < -0.4 is 10.0 Å². The Bertz CT molecular complexity index is 760. The minimum Gasteiger partial charge on any atom is -0.378 e. The summed E-state index contributed by atoms with van der Waals surface area (Å²) in [6.07, 6.45) is 1.86. The second kappa shape index (κ2) is 5.98. The summed E-state index contributed by atoms with van der Waals surface area (Å²) in [6, 6.07) is 7.01. The lowest BCUT2D eigenvalue weighted by atomic mass is 10.3. The molecular weight excluding hydrogens is 318 g/mol. The summed E-state index contributed by atoms with van der Waals surface area (Å²) in [4.78, 5) is 5.98. The van der Waals surface area contributed by atoms with E-state index in [9.17, 15) is 8.42 Å². The number of nitrogens with one attached hydrogen (secondary N) is 2. The normalized spacial score (nSPS) is 15.0. The first-order valence-electron chi connectivity index (χ1n) is 7.23. The smallest absolute Gasteiger partial charge is 0.240 e. The van der Waals surface area contributed by atoms with Crippen LogP contribution in [-0.2, 0) is 16.6 Å². The first kappa shape index (κ1) is 15.5. The van der Waals surface area contributed by atoms with Crippen molar-refractivity contribution in [3.8, 4) is 0 Å². The van der Waals surface area contributed by atoms with Crippen molar-refractivity contribution in [1.82, 2.24) is 9.71 Å². The molecule has 3 rings (SSSR count). The molecule has 0 amide bonds. The molecule has 2 N–H and O–H groups in total. The van der Waals surface area contributed by atoms with Gasteiger partial charge in [-0.15, -0.1) is 11.3 Å². The second-order valence-corrected chi connectivity index (χ2v) is 8.53. The fraction of sp³-hybridized carbons (Fsp3) is 0.400. The summed E-state index contributed by atoms with van der Waals surface area (Å²) >= 11 is 1.66. The van der Waals surface area contributed by atoms with E-state index in [1.54, 1.807) is 29.5 Å². The summed E-state index contributed by atoms with van der Waals surface area (Å²) in [5, 5.41) is 4.24. The fourth-order valence-corrected chi connectivity index (χ4v) is 4.28. The van der Waals surface area contributed by atoms with E-state index in [0.717, 1.165) is 29.2 Å². The largest absolute Gasteiger partial charge is 0.378 e. The predicted octanol–water partition coefficient (Wildman–Crippen LogP) is 2.81. The lowest BCUT2D eigenvalue weighted by Gasteiger charge is -2.08. The maximum atomic E-state index is 12.2. The number of hydrogen-bond acceptors (Lipinski definition) is 5. The number of sulfonamides is 1. The Morgan fingerprint density at radius 2 is 2.09 bits per heavy atom. The summed E-state index contributed by atoms with van der Waals surface area (Å²) in [5.74, 6) is 0. The topological polar surface area (TPSA) is 71.1 Å². The molecule has 0 bridgehead atoms. The Morgan fingerprint density at radius 3 is 2.73 bits per heavy atom. The van der Waals surface area contributed by atoms with Gasteiger partial charge in [-0.3, -0.25) is 0 Å². The third-order valence-electron chi connectivity index (χ3n) is 3.56. The zero-order chi connectivity index (χ0) is 15.7. The monoisotopic (exact) mass is 337 g/mol. The van der Waals surface area contributed by atoms with Crippen molar-refractivity contribution in [3.63, 3.8) is 0 Å². The average molecular weight is 337 g/mol. The molecule has 22 heavy (non-hydrogen) atoms. The zero-order valence-electron chi connectivity index (χ0n) is 12.6. The molecule has 1 aliphatic carbocycles. The first-order chi connectivity index (χ1) is 10.4. The van der Waals surface area contributed by atoms with Gasteiger partial charge in [0.05, 0.1) is 17.1 Å². The van der Waals surface area contributed by atoms with Gasteiger partial charge >= 0.3 is 0 Å². The van der Waals surface area contributed by atoms with E-state index < -0.39 is 10.0 Å². The third kappa shape index (κ3) is 3.66. The van der Waals surface area contributed by atoms with Crippen molar-refractivity contribution >= 4 is 27.0 Å². The molecule has 0 radical (unpaired) electrons. The molecule has 0 unspecified atom stereocenters. The van der Waals surface area contributed by atoms with E-state index >= 15 is 0 Å². The predicted molar refractivity (Wildman–Crippen MR) is 88.7 cm³/mol. The number of rotatable bonds is 6. The maximum absolute atomic E-state index is 12.2. The molecule has 0 spiro atoms. The van der Waals surface area contributed by atoms with Crippen LogP contribution in [0.25, 0.3) is 0 Å². The number of anilines is 1. The van der Waals surface area contributed by atoms with Gasteiger partial charge in [0.25, 0.3) is 0 Å². The van der Waals surface area contributed by atoms with Gasteiger partial charge in [-0.05, 0) is 44.9 Å². The van der Waals surface area contributed by atoms with Crippen LogP contribution in [0.3, 0.4) is 0 Å². The maximum Gasteiger partial charge on any atom is 0.240 e. The van der Waals surface area contributed by atoms with Crippen LogP contribution in [-0.4, -0.2) is 19.4 Å².